The first-order chi connectivity index (χ1) is 16.3. The summed E-state index contributed by atoms with van der Waals surface area (Å²) in [5, 5.41) is 0. The van der Waals surface area contributed by atoms with Crippen LogP contribution in [-0.2, 0) is 14.3 Å². The third-order valence-corrected chi connectivity index (χ3v) is 6.57. The second kappa shape index (κ2) is 27.6. The van der Waals surface area contributed by atoms with Crippen molar-refractivity contribution in [1.29, 1.82) is 0 Å². The number of unbranched alkanes of at least 4 members (excludes halogenated alkanes) is 18. The molecule has 4 nitrogen and oxygen atoms in total. The predicted molar refractivity (Wildman–Crippen MR) is 143 cm³/mol. The molecule has 33 heavy (non-hydrogen) atoms. The van der Waals surface area contributed by atoms with E-state index in [0.717, 1.165) is 25.9 Å². The van der Waals surface area contributed by atoms with Gasteiger partial charge < -0.3 is 14.4 Å². The van der Waals surface area contributed by atoms with Crippen LogP contribution in [0, 0.1) is 0 Å². The van der Waals surface area contributed by atoms with Crippen LogP contribution < -0.4 is 0 Å². The summed E-state index contributed by atoms with van der Waals surface area (Å²) in [5.74, 6) is 0.151. The summed E-state index contributed by atoms with van der Waals surface area (Å²) < 4.78 is 10.5. The van der Waals surface area contributed by atoms with Gasteiger partial charge >= 0.3 is 0 Å². The van der Waals surface area contributed by atoms with Gasteiger partial charge in [0.1, 0.15) is 6.61 Å². The molecular formula is C29H59NO3. The van der Waals surface area contributed by atoms with Gasteiger partial charge in [0.25, 0.3) is 0 Å². The zero-order chi connectivity index (χ0) is 24.2. The molecule has 0 saturated heterocycles. The molecule has 0 spiro atoms. The summed E-state index contributed by atoms with van der Waals surface area (Å²) in [5.41, 5.74) is 0. The predicted octanol–water partition coefficient (Wildman–Crippen LogP) is 8.32. The van der Waals surface area contributed by atoms with E-state index in [1.165, 1.54) is 116 Å². The molecule has 4 heteroatoms. The first-order valence-electron chi connectivity index (χ1n) is 14.6. The minimum absolute atomic E-state index is 0.151. The van der Waals surface area contributed by atoms with E-state index in [2.05, 4.69) is 18.7 Å². The Morgan fingerprint density at radius 3 is 1.27 bits per heavy atom. The number of amides is 1. The Morgan fingerprint density at radius 2 is 0.909 bits per heavy atom. The number of carbonyl (C=O) groups excluding carboxylic acids is 1. The van der Waals surface area contributed by atoms with Gasteiger partial charge in [-0.3, -0.25) is 4.79 Å². The maximum Gasteiger partial charge on any atom is 0.248 e. The summed E-state index contributed by atoms with van der Waals surface area (Å²) in [4.78, 5) is 14.7. The van der Waals surface area contributed by atoms with Crippen LogP contribution in [-0.4, -0.2) is 50.8 Å². The molecule has 0 aromatic rings. The van der Waals surface area contributed by atoms with Crippen molar-refractivity contribution in [3.8, 4) is 0 Å². The summed E-state index contributed by atoms with van der Waals surface area (Å²) in [6, 6.07) is 0. The number of ether oxygens (including phenoxy) is 2. The highest BCUT2D eigenvalue weighted by Crippen LogP contribution is 2.13. The normalized spacial score (nSPS) is 11.2. The van der Waals surface area contributed by atoms with Crippen LogP contribution in [0.5, 0.6) is 0 Å². The number of rotatable bonds is 27. The molecule has 0 heterocycles. The Hall–Kier alpha value is -0.610. The quantitative estimate of drug-likeness (QED) is 0.113. The van der Waals surface area contributed by atoms with Crippen LogP contribution in [0.4, 0.5) is 0 Å². The monoisotopic (exact) mass is 469 g/mol. The average molecular weight is 470 g/mol. The van der Waals surface area contributed by atoms with Gasteiger partial charge in [-0.15, -0.1) is 0 Å². The smallest absolute Gasteiger partial charge is 0.248 e. The molecular weight excluding hydrogens is 410 g/mol. The van der Waals surface area contributed by atoms with Crippen LogP contribution in [0.25, 0.3) is 0 Å². The third-order valence-electron chi connectivity index (χ3n) is 6.57. The highest BCUT2D eigenvalue weighted by atomic mass is 16.5. The minimum Gasteiger partial charge on any atom is -0.382 e. The van der Waals surface area contributed by atoms with Crippen molar-refractivity contribution in [2.24, 2.45) is 0 Å². The fraction of sp³-hybridized carbons (Fsp3) is 0.966. The summed E-state index contributed by atoms with van der Waals surface area (Å²) >= 11 is 0. The van der Waals surface area contributed by atoms with Gasteiger partial charge in [-0.1, -0.05) is 129 Å². The molecule has 0 N–H and O–H groups in total. The molecule has 0 aliphatic heterocycles. The summed E-state index contributed by atoms with van der Waals surface area (Å²) in [6.07, 6.45) is 26.6. The molecule has 0 bridgehead atoms. The Kier molecular flexibility index (Phi) is 27.1. The highest BCUT2D eigenvalue weighted by Gasteiger charge is 2.13. The Morgan fingerprint density at radius 1 is 0.545 bits per heavy atom. The van der Waals surface area contributed by atoms with Gasteiger partial charge in [0.2, 0.25) is 5.91 Å². The van der Waals surface area contributed by atoms with Crippen LogP contribution in [0.2, 0.25) is 0 Å². The second-order valence-electron chi connectivity index (χ2n) is 9.79. The molecule has 0 rings (SSSR count). The second-order valence-corrected chi connectivity index (χ2v) is 9.79. The Bertz CT molecular complexity index is 365. The van der Waals surface area contributed by atoms with Crippen molar-refractivity contribution in [2.75, 3.05) is 40.0 Å². The summed E-state index contributed by atoms with van der Waals surface area (Å²) in [6.45, 7) is 7.56. The van der Waals surface area contributed by atoms with Gasteiger partial charge in [-0.2, -0.15) is 0 Å². The molecule has 0 saturated carbocycles. The zero-order valence-corrected chi connectivity index (χ0v) is 22.8. The molecule has 0 radical (unpaired) electrons. The van der Waals surface area contributed by atoms with Crippen molar-refractivity contribution in [1.82, 2.24) is 4.90 Å². The molecule has 0 aliphatic rings. The molecule has 0 aromatic carbocycles. The van der Waals surface area contributed by atoms with E-state index in [4.69, 9.17) is 9.47 Å². The Labute approximate surface area is 207 Å². The van der Waals surface area contributed by atoms with E-state index in [1.807, 2.05) is 0 Å². The summed E-state index contributed by atoms with van der Waals surface area (Å²) in [7, 11) is 1.66. The van der Waals surface area contributed by atoms with E-state index >= 15 is 0 Å². The lowest BCUT2D eigenvalue weighted by atomic mass is 10.1. The van der Waals surface area contributed by atoms with Crippen molar-refractivity contribution in [3.63, 3.8) is 0 Å². The van der Waals surface area contributed by atoms with Crippen molar-refractivity contribution in [2.45, 2.75) is 142 Å². The highest BCUT2D eigenvalue weighted by molar-refractivity contribution is 5.77. The fourth-order valence-electron chi connectivity index (χ4n) is 4.33. The first kappa shape index (κ1) is 32.4. The Balaban J connectivity index is 3.93. The van der Waals surface area contributed by atoms with Gasteiger partial charge in [0, 0.05) is 20.2 Å². The lowest BCUT2D eigenvalue weighted by Gasteiger charge is -2.23. The van der Waals surface area contributed by atoms with E-state index in [0.29, 0.717) is 13.2 Å². The molecule has 0 aromatic heterocycles. The van der Waals surface area contributed by atoms with Crippen molar-refractivity contribution < 1.29 is 14.3 Å². The lowest BCUT2D eigenvalue weighted by molar-refractivity contribution is -0.136. The number of nitrogens with zero attached hydrogens (tertiary/aromatic N) is 1. The lowest BCUT2D eigenvalue weighted by Crippen LogP contribution is -2.36. The zero-order valence-electron chi connectivity index (χ0n) is 22.8. The largest absolute Gasteiger partial charge is 0.382 e. The standard InChI is InChI=1S/C29H59NO3/c1-4-6-8-10-12-14-16-18-20-22-24-30(29(31)28-33-27-26-32-3)25-23-21-19-17-15-13-11-9-7-5-2/h4-28H2,1-3H3. The molecule has 198 valence electrons. The van der Waals surface area contributed by atoms with Crippen molar-refractivity contribution in [3.05, 3.63) is 0 Å². The van der Waals surface area contributed by atoms with Crippen molar-refractivity contribution >= 4 is 5.91 Å². The van der Waals surface area contributed by atoms with E-state index in [1.54, 1.807) is 7.11 Å². The third kappa shape index (κ3) is 24.3. The number of hydrogen-bond donors (Lipinski definition) is 0. The molecule has 0 aliphatic carbocycles. The van der Waals surface area contributed by atoms with Gasteiger partial charge in [0.05, 0.1) is 13.2 Å². The maximum atomic E-state index is 12.6. The van der Waals surface area contributed by atoms with Crippen LogP contribution in [0.15, 0.2) is 0 Å². The molecule has 0 atom stereocenters. The minimum atomic E-state index is 0.151. The first-order valence-corrected chi connectivity index (χ1v) is 14.6. The van der Waals surface area contributed by atoms with Crippen LogP contribution in [0.1, 0.15) is 142 Å². The van der Waals surface area contributed by atoms with Gasteiger partial charge in [-0.05, 0) is 12.8 Å². The van der Waals surface area contributed by atoms with Gasteiger partial charge in [0.15, 0.2) is 0 Å². The van der Waals surface area contributed by atoms with Crippen LogP contribution >= 0.6 is 0 Å². The number of methoxy groups -OCH3 is 1. The SMILES string of the molecule is CCCCCCCCCCCCN(CCCCCCCCCCCC)C(=O)COCCOC. The van der Waals surface area contributed by atoms with Gasteiger partial charge in [-0.25, -0.2) is 0 Å². The molecule has 0 fully saturated rings. The van der Waals surface area contributed by atoms with E-state index in [-0.39, 0.29) is 12.5 Å². The topological polar surface area (TPSA) is 38.8 Å². The van der Waals surface area contributed by atoms with E-state index in [9.17, 15) is 4.79 Å². The van der Waals surface area contributed by atoms with E-state index < -0.39 is 0 Å². The maximum absolute atomic E-state index is 12.6. The van der Waals surface area contributed by atoms with Crippen LogP contribution in [0.3, 0.4) is 0 Å². The average Bonchev–Trinajstić information content (AvgIpc) is 2.82. The molecule has 0 unspecified atom stereocenters. The molecule has 1 amide bonds. The fourth-order valence-corrected chi connectivity index (χ4v) is 4.33. The number of hydrogen-bond acceptors (Lipinski definition) is 3. The number of carbonyl (C=O) groups is 1.